The Labute approximate surface area is 83.3 Å². The van der Waals surface area contributed by atoms with Crippen molar-refractivity contribution in [3.8, 4) is 0 Å². The summed E-state index contributed by atoms with van der Waals surface area (Å²) >= 11 is 0. The van der Waals surface area contributed by atoms with Crippen molar-refractivity contribution in [1.29, 1.82) is 0 Å². The molecule has 0 heterocycles. The van der Waals surface area contributed by atoms with Crippen molar-refractivity contribution in [2.24, 2.45) is 0 Å². The molecule has 0 unspecified atom stereocenters. The second-order valence-corrected chi connectivity index (χ2v) is 4.40. The molecular weight excluding hydrogens is 206 g/mol. The standard InChI is InChI=1S/C8H13NO4S/c1-5(2)7(10)9-8(6(3)4)14(11,12)13/h1H2,2-4H3,(H,9,10)(H,11,12,13). The third kappa shape index (κ3) is 3.71. The van der Waals surface area contributed by atoms with Crippen LogP contribution in [-0.4, -0.2) is 18.9 Å². The molecule has 5 nitrogen and oxygen atoms in total. The largest absolute Gasteiger partial charge is 0.311 e. The lowest BCUT2D eigenvalue weighted by Gasteiger charge is -2.08. The van der Waals surface area contributed by atoms with Gasteiger partial charge in [0.05, 0.1) is 0 Å². The molecule has 0 rings (SSSR count). The normalized spacial score (nSPS) is 10.6. The van der Waals surface area contributed by atoms with E-state index in [2.05, 4.69) is 11.9 Å². The van der Waals surface area contributed by atoms with Crippen molar-refractivity contribution in [3.05, 3.63) is 22.8 Å². The van der Waals surface area contributed by atoms with Gasteiger partial charge in [0.2, 0.25) is 0 Å². The number of rotatable bonds is 3. The molecule has 0 radical (unpaired) electrons. The average Bonchev–Trinajstić information content (AvgIpc) is 1.96. The maximum atomic E-state index is 11.1. The first kappa shape index (κ1) is 12.9. The predicted molar refractivity (Wildman–Crippen MR) is 52.9 cm³/mol. The summed E-state index contributed by atoms with van der Waals surface area (Å²) in [5.41, 5.74) is 0.453. The molecule has 0 aliphatic heterocycles. The van der Waals surface area contributed by atoms with E-state index >= 15 is 0 Å². The average molecular weight is 219 g/mol. The zero-order valence-electron chi connectivity index (χ0n) is 8.29. The van der Waals surface area contributed by atoms with Crippen LogP contribution in [0, 0.1) is 0 Å². The molecule has 14 heavy (non-hydrogen) atoms. The van der Waals surface area contributed by atoms with E-state index in [0.29, 0.717) is 5.57 Å². The topological polar surface area (TPSA) is 83.5 Å². The lowest BCUT2D eigenvalue weighted by atomic mass is 10.3. The van der Waals surface area contributed by atoms with Gasteiger partial charge in [0.1, 0.15) is 0 Å². The third-order valence-corrected chi connectivity index (χ3v) is 2.35. The van der Waals surface area contributed by atoms with Gasteiger partial charge in [-0.3, -0.25) is 9.35 Å². The first-order chi connectivity index (χ1) is 6.16. The van der Waals surface area contributed by atoms with Crippen LogP contribution >= 0.6 is 0 Å². The van der Waals surface area contributed by atoms with E-state index in [9.17, 15) is 13.2 Å². The second-order valence-electron chi connectivity index (χ2n) is 3.04. The fourth-order valence-electron chi connectivity index (χ4n) is 0.657. The number of hydrogen-bond acceptors (Lipinski definition) is 3. The summed E-state index contributed by atoms with van der Waals surface area (Å²) in [5, 5.41) is 1.56. The highest BCUT2D eigenvalue weighted by atomic mass is 32.2. The Kier molecular flexibility index (Phi) is 4.03. The smallest absolute Gasteiger partial charge is 0.310 e. The molecule has 0 saturated heterocycles. The maximum absolute atomic E-state index is 11.1. The lowest BCUT2D eigenvalue weighted by molar-refractivity contribution is -0.116. The van der Waals surface area contributed by atoms with Gasteiger partial charge in [-0.15, -0.1) is 0 Å². The second kappa shape index (κ2) is 4.39. The number of carbonyl (C=O) groups is 1. The number of allylic oxidation sites excluding steroid dienone is 1. The monoisotopic (exact) mass is 219 g/mol. The van der Waals surface area contributed by atoms with Crippen molar-refractivity contribution in [3.63, 3.8) is 0 Å². The molecule has 0 aromatic carbocycles. The van der Waals surface area contributed by atoms with Gasteiger partial charge in [-0.2, -0.15) is 8.42 Å². The van der Waals surface area contributed by atoms with Gasteiger partial charge < -0.3 is 5.32 Å². The summed E-state index contributed by atoms with van der Waals surface area (Å²) in [5.74, 6) is -0.640. The Hall–Kier alpha value is -1.14. The van der Waals surface area contributed by atoms with E-state index in [1.54, 1.807) is 0 Å². The van der Waals surface area contributed by atoms with Gasteiger partial charge in [-0.25, -0.2) is 0 Å². The van der Waals surface area contributed by atoms with Crippen LogP contribution in [0.25, 0.3) is 0 Å². The zero-order chi connectivity index (χ0) is 11.5. The molecule has 0 aliphatic rings. The minimum absolute atomic E-state index is 0.160. The van der Waals surface area contributed by atoms with Crippen LogP contribution in [0.1, 0.15) is 20.8 Å². The van der Waals surface area contributed by atoms with Gasteiger partial charge in [0, 0.05) is 5.57 Å². The molecule has 1 amide bonds. The Morgan fingerprint density at radius 2 is 1.71 bits per heavy atom. The molecule has 0 aromatic heterocycles. The number of amides is 1. The van der Waals surface area contributed by atoms with Crippen LogP contribution in [0.15, 0.2) is 22.8 Å². The van der Waals surface area contributed by atoms with Crippen molar-refractivity contribution in [2.45, 2.75) is 20.8 Å². The van der Waals surface area contributed by atoms with Crippen LogP contribution in [0.5, 0.6) is 0 Å². The van der Waals surface area contributed by atoms with E-state index in [0.717, 1.165) is 0 Å². The molecule has 0 aromatic rings. The summed E-state index contributed by atoms with van der Waals surface area (Å²) in [6.07, 6.45) is 0. The summed E-state index contributed by atoms with van der Waals surface area (Å²) in [4.78, 5) is 11.1. The summed E-state index contributed by atoms with van der Waals surface area (Å²) in [7, 11) is -4.39. The van der Waals surface area contributed by atoms with Crippen LogP contribution < -0.4 is 5.32 Å². The molecule has 80 valence electrons. The summed E-state index contributed by atoms with van der Waals surface area (Å²) in [6.45, 7) is 7.69. The first-order valence-electron chi connectivity index (χ1n) is 3.78. The third-order valence-electron chi connectivity index (χ3n) is 1.33. The molecule has 2 N–H and O–H groups in total. The molecule has 0 aliphatic carbocycles. The van der Waals surface area contributed by atoms with Crippen LogP contribution in [-0.2, 0) is 14.9 Å². The van der Waals surface area contributed by atoms with E-state index < -0.39 is 21.1 Å². The maximum Gasteiger partial charge on any atom is 0.310 e. The molecule has 6 heteroatoms. The molecular formula is C8H13NO4S. The van der Waals surface area contributed by atoms with Gasteiger partial charge in [0.25, 0.3) is 5.91 Å². The minimum Gasteiger partial charge on any atom is -0.311 e. The highest BCUT2D eigenvalue weighted by Gasteiger charge is 2.18. The Bertz CT molecular complexity index is 388. The van der Waals surface area contributed by atoms with E-state index in [1.807, 2.05) is 0 Å². The Morgan fingerprint density at radius 3 is 1.93 bits per heavy atom. The van der Waals surface area contributed by atoms with Gasteiger partial charge in [-0.05, 0) is 26.3 Å². The van der Waals surface area contributed by atoms with Crippen LogP contribution in [0.4, 0.5) is 0 Å². The minimum atomic E-state index is -4.39. The van der Waals surface area contributed by atoms with E-state index in [1.165, 1.54) is 20.8 Å². The lowest BCUT2D eigenvalue weighted by Crippen LogP contribution is -2.28. The van der Waals surface area contributed by atoms with E-state index in [-0.39, 0.29) is 5.57 Å². The highest BCUT2D eigenvalue weighted by molar-refractivity contribution is 7.89. The Balaban J connectivity index is 5.06. The van der Waals surface area contributed by atoms with Crippen molar-refractivity contribution < 1.29 is 17.8 Å². The molecule has 0 spiro atoms. The molecule has 0 bridgehead atoms. The van der Waals surface area contributed by atoms with Crippen molar-refractivity contribution in [1.82, 2.24) is 5.32 Å². The number of carbonyl (C=O) groups excluding carboxylic acids is 1. The fraction of sp³-hybridized carbons (Fsp3) is 0.375. The quantitative estimate of drug-likeness (QED) is 0.543. The van der Waals surface area contributed by atoms with E-state index in [4.69, 9.17) is 4.55 Å². The first-order valence-corrected chi connectivity index (χ1v) is 5.22. The number of nitrogens with one attached hydrogen (secondary N) is 1. The van der Waals surface area contributed by atoms with Crippen molar-refractivity contribution in [2.75, 3.05) is 0 Å². The summed E-state index contributed by atoms with van der Waals surface area (Å²) < 4.78 is 30.3. The SMILES string of the molecule is C=C(C)C(=O)NC(=C(C)C)S(=O)(=O)O. The zero-order valence-corrected chi connectivity index (χ0v) is 9.10. The fourth-order valence-corrected chi connectivity index (χ4v) is 1.39. The van der Waals surface area contributed by atoms with Gasteiger partial charge in [0.15, 0.2) is 5.03 Å². The molecule has 0 fully saturated rings. The summed E-state index contributed by atoms with van der Waals surface area (Å²) in [6, 6.07) is 0. The van der Waals surface area contributed by atoms with Crippen LogP contribution in [0.2, 0.25) is 0 Å². The number of hydrogen-bond donors (Lipinski definition) is 2. The predicted octanol–water partition coefficient (Wildman–Crippen LogP) is 0.818. The van der Waals surface area contributed by atoms with Crippen molar-refractivity contribution >= 4 is 16.0 Å². The molecule has 0 atom stereocenters. The Morgan fingerprint density at radius 1 is 1.29 bits per heavy atom. The van der Waals surface area contributed by atoms with Crippen LogP contribution in [0.3, 0.4) is 0 Å². The highest BCUT2D eigenvalue weighted by Crippen LogP contribution is 2.07. The van der Waals surface area contributed by atoms with Gasteiger partial charge in [-0.1, -0.05) is 6.58 Å². The molecule has 0 saturated carbocycles. The van der Waals surface area contributed by atoms with Gasteiger partial charge >= 0.3 is 10.1 Å².